The number of ether oxygens (including phenoxy) is 2. The highest BCUT2D eigenvalue weighted by Crippen LogP contribution is 2.39. The van der Waals surface area contributed by atoms with E-state index in [1.54, 1.807) is 9.80 Å². The van der Waals surface area contributed by atoms with E-state index < -0.39 is 35.5 Å². The van der Waals surface area contributed by atoms with E-state index in [-0.39, 0.29) is 48.1 Å². The topological polar surface area (TPSA) is 138 Å². The number of benzene rings is 2. The lowest BCUT2D eigenvalue weighted by atomic mass is 9.78. The molecule has 0 aromatic heterocycles. The van der Waals surface area contributed by atoms with Gasteiger partial charge in [-0.2, -0.15) is 13.2 Å². The Hall–Kier alpha value is -4.24. The molecule has 1 atom stereocenters. The molecule has 4 heterocycles. The van der Waals surface area contributed by atoms with Crippen LogP contribution in [0, 0.1) is 11.8 Å². The molecule has 0 spiro atoms. The summed E-state index contributed by atoms with van der Waals surface area (Å²) in [6, 6.07) is 9.50. The predicted octanol–water partition coefficient (Wildman–Crippen LogP) is 6.06. The van der Waals surface area contributed by atoms with Gasteiger partial charge in [0.15, 0.2) is 6.10 Å². The van der Waals surface area contributed by atoms with Crippen molar-refractivity contribution < 1.29 is 41.8 Å². The van der Waals surface area contributed by atoms with Gasteiger partial charge >= 0.3 is 24.3 Å². The molecule has 4 amide bonds. The summed E-state index contributed by atoms with van der Waals surface area (Å²) < 4.78 is 52.3. The van der Waals surface area contributed by atoms with Crippen molar-refractivity contribution in [1.82, 2.24) is 19.6 Å². The zero-order valence-corrected chi connectivity index (χ0v) is 31.9. The number of esters is 1. The maximum Gasteiger partial charge on any atom is 0.418 e. The van der Waals surface area contributed by atoms with Crippen LogP contribution in [0.4, 0.5) is 34.1 Å². The molecule has 4 aliphatic rings. The first-order valence-electron chi connectivity index (χ1n) is 19.1. The van der Waals surface area contributed by atoms with Crippen LogP contribution in [-0.2, 0) is 38.1 Å². The second kappa shape index (κ2) is 17.7. The van der Waals surface area contributed by atoms with E-state index in [2.05, 4.69) is 10.2 Å². The number of nitrogen functional groups attached to an aromatic ring is 1. The van der Waals surface area contributed by atoms with Crippen molar-refractivity contribution in [2.75, 3.05) is 70.5 Å². The molecule has 0 bridgehead atoms. The van der Waals surface area contributed by atoms with Crippen LogP contribution in [0.2, 0.25) is 5.02 Å². The molecule has 16 heteroatoms. The van der Waals surface area contributed by atoms with Crippen molar-refractivity contribution in [3.63, 3.8) is 0 Å². The first kappa shape index (κ1) is 40.4. The lowest BCUT2D eigenvalue weighted by molar-refractivity contribution is -0.143. The summed E-state index contributed by atoms with van der Waals surface area (Å²) in [5.41, 5.74) is 5.85. The number of fused-ring (bicyclic) bond motifs is 1. The van der Waals surface area contributed by atoms with Gasteiger partial charge < -0.3 is 40.1 Å². The fourth-order valence-electron chi connectivity index (χ4n) is 8.51. The number of rotatable bonds is 9. The van der Waals surface area contributed by atoms with Crippen LogP contribution in [0.15, 0.2) is 36.4 Å². The van der Waals surface area contributed by atoms with Gasteiger partial charge in [-0.3, -0.25) is 9.59 Å². The maximum atomic E-state index is 14.1. The van der Waals surface area contributed by atoms with E-state index >= 15 is 0 Å². The summed E-state index contributed by atoms with van der Waals surface area (Å²) in [6.45, 7) is 4.40. The van der Waals surface area contributed by atoms with Crippen LogP contribution >= 0.6 is 11.6 Å². The number of para-hydroxylation sites is 1. The summed E-state index contributed by atoms with van der Waals surface area (Å²) in [7, 11) is 1.39. The molecule has 0 unspecified atom stereocenters. The molecule has 3 fully saturated rings. The third-order valence-corrected chi connectivity index (χ3v) is 12.1. The van der Waals surface area contributed by atoms with Gasteiger partial charge in [0.05, 0.1) is 29.8 Å². The van der Waals surface area contributed by atoms with Gasteiger partial charge in [-0.05, 0) is 99.2 Å². The van der Waals surface area contributed by atoms with E-state index in [1.807, 2.05) is 24.3 Å². The summed E-state index contributed by atoms with van der Waals surface area (Å²) in [5.74, 6) is 0.191. The van der Waals surface area contributed by atoms with E-state index in [4.69, 9.17) is 26.8 Å². The molecule has 12 nitrogen and oxygen atoms in total. The van der Waals surface area contributed by atoms with Gasteiger partial charge in [0.25, 0.3) is 5.91 Å². The minimum atomic E-state index is -4.78. The van der Waals surface area contributed by atoms with Crippen molar-refractivity contribution >= 4 is 47.0 Å². The number of methoxy groups -OCH3 is 1. The molecular weight excluding hydrogens is 741 g/mol. The minimum Gasteiger partial charge on any atom is -0.469 e. The number of piperidine rings is 3. The van der Waals surface area contributed by atoms with Crippen LogP contribution in [0.3, 0.4) is 0 Å². The quantitative estimate of drug-likeness (QED) is 0.231. The number of amides is 4. The number of nitrogens with one attached hydrogen (secondary N) is 1. The number of urea groups is 1. The first-order valence-corrected chi connectivity index (χ1v) is 19.5. The monoisotopic (exact) mass is 790 g/mol. The third kappa shape index (κ3) is 9.96. The minimum absolute atomic E-state index is 0.0680. The highest BCUT2D eigenvalue weighted by atomic mass is 35.5. The number of nitrogens with two attached hydrogens (primary N) is 1. The van der Waals surface area contributed by atoms with Gasteiger partial charge in [-0.15, -0.1) is 0 Å². The SMILES string of the molecule is COC(=O)CCN1CCC(C2CCN(C(=O)[C@@H](Cc3cc(Cl)c(N)c(C(F)(F)F)c3)OC(=O)N3CCC(N4CCc5ccccc5NC4=O)CC3)CC2)CC1. The fourth-order valence-corrected chi connectivity index (χ4v) is 8.75. The van der Waals surface area contributed by atoms with Crippen molar-refractivity contribution in [3.8, 4) is 0 Å². The van der Waals surface area contributed by atoms with Gasteiger partial charge in [0.2, 0.25) is 0 Å². The molecule has 4 aliphatic heterocycles. The average Bonchev–Trinajstić information content (AvgIpc) is 3.35. The van der Waals surface area contributed by atoms with Gasteiger partial charge in [0, 0.05) is 57.4 Å². The molecular formula is C39H50ClF3N6O6. The number of carbonyl (C=O) groups excluding carboxylic acids is 4. The Morgan fingerprint density at radius 3 is 2.22 bits per heavy atom. The Labute approximate surface area is 324 Å². The Bertz CT molecular complexity index is 1710. The highest BCUT2D eigenvalue weighted by Gasteiger charge is 2.39. The molecule has 55 heavy (non-hydrogen) atoms. The normalized spacial score (nSPS) is 20.0. The van der Waals surface area contributed by atoms with E-state index in [0.717, 1.165) is 56.1 Å². The smallest absolute Gasteiger partial charge is 0.418 e. The van der Waals surface area contributed by atoms with Crippen molar-refractivity contribution in [1.29, 1.82) is 0 Å². The zero-order valence-electron chi connectivity index (χ0n) is 31.1. The number of carbonyl (C=O) groups is 4. The van der Waals surface area contributed by atoms with Gasteiger partial charge in [-0.1, -0.05) is 29.8 Å². The summed E-state index contributed by atoms with van der Waals surface area (Å²) in [4.78, 5) is 59.6. The largest absolute Gasteiger partial charge is 0.469 e. The first-order chi connectivity index (χ1) is 26.3. The Morgan fingerprint density at radius 1 is 0.927 bits per heavy atom. The van der Waals surface area contributed by atoms with Crippen molar-refractivity contribution in [2.24, 2.45) is 11.8 Å². The molecule has 0 radical (unpaired) electrons. The molecule has 2 aromatic carbocycles. The number of hydrogen-bond acceptors (Lipinski definition) is 8. The zero-order chi connectivity index (χ0) is 39.3. The van der Waals surface area contributed by atoms with Crippen molar-refractivity contribution in [2.45, 2.75) is 76.1 Å². The molecule has 300 valence electrons. The third-order valence-electron chi connectivity index (χ3n) is 11.7. The second-order valence-corrected chi connectivity index (χ2v) is 15.4. The number of nitrogens with zero attached hydrogens (tertiary/aromatic N) is 4. The number of anilines is 2. The van der Waals surface area contributed by atoms with Gasteiger partial charge in [-0.25, -0.2) is 9.59 Å². The Morgan fingerprint density at radius 2 is 1.56 bits per heavy atom. The number of hydrogen-bond donors (Lipinski definition) is 2. The number of halogens is 4. The molecule has 2 aromatic rings. The maximum absolute atomic E-state index is 14.1. The molecule has 0 aliphatic carbocycles. The molecule has 3 saturated heterocycles. The number of likely N-dealkylation sites (tertiary alicyclic amines) is 3. The van der Waals surface area contributed by atoms with E-state index in [0.29, 0.717) is 63.7 Å². The highest BCUT2D eigenvalue weighted by molar-refractivity contribution is 6.33. The summed E-state index contributed by atoms with van der Waals surface area (Å²) >= 11 is 6.13. The van der Waals surface area contributed by atoms with Crippen LogP contribution in [0.25, 0.3) is 0 Å². The number of alkyl halides is 3. The lowest BCUT2D eigenvalue weighted by Crippen LogP contribution is -2.52. The fraction of sp³-hybridized carbons (Fsp3) is 0.590. The van der Waals surface area contributed by atoms with Crippen LogP contribution in [0.5, 0.6) is 0 Å². The van der Waals surface area contributed by atoms with Crippen LogP contribution in [0.1, 0.15) is 61.6 Å². The van der Waals surface area contributed by atoms with Crippen LogP contribution < -0.4 is 11.1 Å². The standard InChI is InChI=1S/C39H50ClF3N6O6/c1-54-34(50)13-16-46-14-6-26(7-15-46)27-8-17-47(18-9-27)36(51)33(24-25-22-30(39(41,42)43)35(44)31(40)23-25)55-38(53)48-19-11-29(12-20-48)49-21-10-28-4-2-3-5-32(28)45-37(49)52/h2-5,22-23,26-27,29,33H,6-21,24,44H2,1H3,(H,45,52)/t33-/m1/s1. The summed E-state index contributed by atoms with van der Waals surface area (Å²) in [6.07, 6.45) is -1.68. The predicted molar refractivity (Wildman–Crippen MR) is 200 cm³/mol. The Balaban J connectivity index is 1.08. The van der Waals surface area contributed by atoms with E-state index in [1.165, 1.54) is 18.1 Å². The second-order valence-electron chi connectivity index (χ2n) is 15.0. The van der Waals surface area contributed by atoms with Crippen molar-refractivity contribution in [3.05, 3.63) is 58.1 Å². The van der Waals surface area contributed by atoms with Gasteiger partial charge in [0.1, 0.15) is 0 Å². The molecule has 3 N–H and O–H groups in total. The van der Waals surface area contributed by atoms with Crippen LogP contribution in [-0.4, -0.2) is 115 Å². The Kier molecular flexibility index (Phi) is 13.0. The van der Waals surface area contributed by atoms with E-state index in [9.17, 15) is 32.3 Å². The molecule has 6 rings (SSSR count). The molecule has 0 saturated carbocycles. The average molecular weight is 791 g/mol. The lowest BCUT2D eigenvalue weighted by Gasteiger charge is -2.41. The summed E-state index contributed by atoms with van der Waals surface area (Å²) in [5, 5.41) is 2.68.